The van der Waals surface area contributed by atoms with Gasteiger partial charge in [0.1, 0.15) is 0 Å². The van der Waals surface area contributed by atoms with Crippen LogP contribution in [-0.2, 0) is 0 Å². The molecule has 0 aliphatic heterocycles. The molecule has 0 radical (unpaired) electrons. The van der Waals surface area contributed by atoms with Crippen LogP contribution in [0.1, 0.15) is 48.2 Å². The van der Waals surface area contributed by atoms with Crippen molar-refractivity contribution in [2.45, 2.75) is 46.6 Å². The first-order chi connectivity index (χ1) is 8.97. The first-order valence-electron chi connectivity index (χ1n) is 7.32. The van der Waals surface area contributed by atoms with Crippen molar-refractivity contribution in [1.82, 2.24) is 4.90 Å². The molecule has 1 fully saturated rings. The zero-order valence-electron chi connectivity index (χ0n) is 12.6. The van der Waals surface area contributed by atoms with E-state index in [1.165, 1.54) is 18.4 Å². The van der Waals surface area contributed by atoms with Gasteiger partial charge < -0.3 is 0 Å². The second-order valence-corrected chi connectivity index (χ2v) is 6.30. The van der Waals surface area contributed by atoms with E-state index in [4.69, 9.17) is 0 Å². The van der Waals surface area contributed by atoms with Gasteiger partial charge in [-0.1, -0.05) is 37.6 Å². The van der Waals surface area contributed by atoms with E-state index in [-0.39, 0.29) is 5.78 Å². The molecule has 2 nitrogen and oxygen atoms in total. The molecule has 0 atom stereocenters. The summed E-state index contributed by atoms with van der Waals surface area (Å²) in [7, 11) is 0. The van der Waals surface area contributed by atoms with Crippen LogP contribution in [0.15, 0.2) is 18.2 Å². The largest absolute Gasteiger partial charge is 0.293 e. The van der Waals surface area contributed by atoms with Crippen LogP contribution in [0.2, 0.25) is 0 Å². The molecule has 2 heteroatoms. The van der Waals surface area contributed by atoms with Gasteiger partial charge in [0.2, 0.25) is 0 Å². The van der Waals surface area contributed by atoms with Gasteiger partial charge in [0.25, 0.3) is 0 Å². The minimum atomic E-state index is 0.269. The minimum absolute atomic E-state index is 0.269. The van der Waals surface area contributed by atoms with Crippen molar-refractivity contribution >= 4 is 5.78 Å². The summed E-state index contributed by atoms with van der Waals surface area (Å²) in [6.45, 7) is 10.1. The third kappa shape index (κ3) is 3.90. The molecule has 19 heavy (non-hydrogen) atoms. The zero-order chi connectivity index (χ0) is 14.0. The SMILES string of the molecule is Cc1ccc(C(=O)CN(CC(C)C)C2CC2)c(C)c1. The van der Waals surface area contributed by atoms with Crippen molar-refractivity contribution in [2.75, 3.05) is 13.1 Å². The maximum absolute atomic E-state index is 12.5. The van der Waals surface area contributed by atoms with E-state index in [0.29, 0.717) is 18.5 Å². The number of nitrogens with zero attached hydrogens (tertiary/aromatic N) is 1. The van der Waals surface area contributed by atoms with E-state index in [2.05, 4.69) is 31.7 Å². The second kappa shape index (κ2) is 5.87. The van der Waals surface area contributed by atoms with Crippen molar-refractivity contribution in [3.63, 3.8) is 0 Å². The molecule has 0 heterocycles. The van der Waals surface area contributed by atoms with Gasteiger partial charge in [-0.05, 0) is 38.2 Å². The monoisotopic (exact) mass is 259 g/mol. The Morgan fingerprint density at radius 2 is 2.00 bits per heavy atom. The first-order valence-corrected chi connectivity index (χ1v) is 7.32. The van der Waals surface area contributed by atoms with Crippen LogP contribution in [-0.4, -0.2) is 29.8 Å². The van der Waals surface area contributed by atoms with Gasteiger partial charge in [-0.3, -0.25) is 9.69 Å². The quantitative estimate of drug-likeness (QED) is 0.727. The molecule has 0 aromatic heterocycles. The summed E-state index contributed by atoms with van der Waals surface area (Å²) in [4.78, 5) is 14.8. The molecule has 0 unspecified atom stereocenters. The highest BCUT2D eigenvalue weighted by molar-refractivity contribution is 5.99. The summed E-state index contributed by atoms with van der Waals surface area (Å²) >= 11 is 0. The summed E-state index contributed by atoms with van der Waals surface area (Å²) in [6, 6.07) is 6.76. The van der Waals surface area contributed by atoms with Crippen molar-refractivity contribution < 1.29 is 4.79 Å². The van der Waals surface area contributed by atoms with E-state index >= 15 is 0 Å². The summed E-state index contributed by atoms with van der Waals surface area (Å²) in [6.07, 6.45) is 2.51. The minimum Gasteiger partial charge on any atom is -0.293 e. The number of ketones is 1. The highest BCUT2D eigenvalue weighted by Gasteiger charge is 2.30. The predicted octanol–water partition coefficient (Wildman–Crippen LogP) is 3.61. The molecule has 0 N–H and O–H groups in total. The Kier molecular flexibility index (Phi) is 4.41. The van der Waals surface area contributed by atoms with Crippen LogP contribution >= 0.6 is 0 Å². The maximum atomic E-state index is 12.5. The van der Waals surface area contributed by atoms with E-state index in [1.54, 1.807) is 0 Å². The van der Waals surface area contributed by atoms with Gasteiger partial charge in [0, 0.05) is 18.2 Å². The third-order valence-electron chi connectivity index (χ3n) is 3.69. The van der Waals surface area contributed by atoms with Crippen LogP contribution in [0.4, 0.5) is 0 Å². The van der Waals surface area contributed by atoms with Crippen LogP contribution in [0.25, 0.3) is 0 Å². The molecule has 0 bridgehead atoms. The van der Waals surface area contributed by atoms with Crippen LogP contribution in [0.3, 0.4) is 0 Å². The van der Waals surface area contributed by atoms with E-state index < -0.39 is 0 Å². The summed E-state index contributed by atoms with van der Waals surface area (Å²) in [5.41, 5.74) is 3.21. The lowest BCUT2D eigenvalue weighted by Gasteiger charge is -2.23. The summed E-state index contributed by atoms with van der Waals surface area (Å²) in [5.74, 6) is 0.887. The topological polar surface area (TPSA) is 20.3 Å². The number of benzene rings is 1. The van der Waals surface area contributed by atoms with Crippen molar-refractivity contribution in [3.05, 3.63) is 34.9 Å². The van der Waals surface area contributed by atoms with Crippen molar-refractivity contribution in [1.29, 1.82) is 0 Å². The Bertz CT molecular complexity index is 460. The fraction of sp³-hybridized carbons (Fsp3) is 0.588. The van der Waals surface area contributed by atoms with E-state index in [0.717, 1.165) is 17.7 Å². The van der Waals surface area contributed by atoms with Crippen molar-refractivity contribution in [3.8, 4) is 0 Å². The van der Waals surface area contributed by atoms with Gasteiger partial charge in [-0.15, -0.1) is 0 Å². The summed E-state index contributed by atoms with van der Waals surface area (Å²) in [5, 5.41) is 0. The molecule has 1 saturated carbocycles. The fourth-order valence-electron chi connectivity index (χ4n) is 2.65. The van der Waals surface area contributed by atoms with Gasteiger partial charge in [0.15, 0.2) is 5.78 Å². The Labute approximate surface area is 116 Å². The number of hydrogen-bond donors (Lipinski definition) is 0. The van der Waals surface area contributed by atoms with E-state index in [1.807, 2.05) is 19.1 Å². The molecule has 1 aromatic rings. The van der Waals surface area contributed by atoms with Crippen molar-refractivity contribution in [2.24, 2.45) is 5.92 Å². The third-order valence-corrected chi connectivity index (χ3v) is 3.69. The molecule has 0 spiro atoms. The number of aryl methyl sites for hydroxylation is 2. The van der Waals surface area contributed by atoms with Gasteiger partial charge in [0.05, 0.1) is 6.54 Å². The van der Waals surface area contributed by atoms with E-state index in [9.17, 15) is 4.79 Å². The van der Waals surface area contributed by atoms with Gasteiger partial charge in [-0.25, -0.2) is 0 Å². The molecule has 1 aliphatic carbocycles. The Morgan fingerprint density at radius 1 is 1.32 bits per heavy atom. The summed E-state index contributed by atoms with van der Waals surface area (Å²) < 4.78 is 0. The molecule has 104 valence electrons. The Morgan fingerprint density at radius 3 is 2.53 bits per heavy atom. The second-order valence-electron chi connectivity index (χ2n) is 6.30. The predicted molar refractivity (Wildman–Crippen MR) is 79.7 cm³/mol. The lowest BCUT2D eigenvalue weighted by molar-refractivity contribution is 0.0914. The Hall–Kier alpha value is -1.15. The zero-order valence-corrected chi connectivity index (χ0v) is 12.6. The average Bonchev–Trinajstić information content (AvgIpc) is 3.10. The van der Waals surface area contributed by atoms with Gasteiger partial charge >= 0.3 is 0 Å². The van der Waals surface area contributed by atoms with Gasteiger partial charge in [-0.2, -0.15) is 0 Å². The molecular weight excluding hydrogens is 234 g/mol. The number of carbonyl (C=O) groups is 1. The number of hydrogen-bond acceptors (Lipinski definition) is 2. The molecule has 1 aliphatic rings. The Balaban J connectivity index is 2.06. The average molecular weight is 259 g/mol. The molecule has 0 amide bonds. The molecular formula is C17H25NO. The normalized spacial score (nSPS) is 15.3. The molecule has 0 saturated heterocycles. The van der Waals surface area contributed by atoms with Crippen LogP contribution < -0.4 is 0 Å². The first kappa shape index (κ1) is 14.3. The smallest absolute Gasteiger partial charge is 0.177 e. The maximum Gasteiger partial charge on any atom is 0.177 e. The number of carbonyl (C=O) groups excluding carboxylic acids is 1. The fourth-order valence-corrected chi connectivity index (χ4v) is 2.65. The standard InChI is InChI=1S/C17H25NO/c1-12(2)10-18(15-6-7-15)11-17(19)16-8-5-13(3)9-14(16)4/h5,8-9,12,15H,6-7,10-11H2,1-4H3. The highest BCUT2D eigenvalue weighted by Crippen LogP contribution is 2.28. The lowest BCUT2D eigenvalue weighted by Crippen LogP contribution is -2.35. The van der Waals surface area contributed by atoms with Crippen LogP contribution in [0.5, 0.6) is 0 Å². The highest BCUT2D eigenvalue weighted by atomic mass is 16.1. The van der Waals surface area contributed by atoms with Crippen LogP contribution in [0, 0.1) is 19.8 Å². The molecule has 2 rings (SSSR count). The number of Topliss-reactive ketones (excluding diaryl/α,β-unsaturated/α-hetero) is 1. The number of rotatable bonds is 6. The molecule has 1 aromatic carbocycles. The lowest BCUT2D eigenvalue weighted by atomic mass is 10.0.